The van der Waals surface area contributed by atoms with Crippen molar-refractivity contribution in [1.29, 1.82) is 0 Å². The van der Waals surface area contributed by atoms with Crippen molar-refractivity contribution in [3.8, 4) is 0 Å². The van der Waals surface area contributed by atoms with Crippen LogP contribution in [0.25, 0.3) is 10.9 Å². The molecule has 4 nitrogen and oxygen atoms in total. The Kier molecular flexibility index (Phi) is 2.64. The number of aromatic nitrogens is 1. The van der Waals surface area contributed by atoms with Gasteiger partial charge in [0.1, 0.15) is 0 Å². The summed E-state index contributed by atoms with van der Waals surface area (Å²) in [5.41, 5.74) is 11.8. The summed E-state index contributed by atoms with van der Waals surface area (Å²) in [5.74, 6) is -1.13. The minimum absolute atomic E-state index is 0.194. The number of fused-ring (bicyclic) bond motifs is 3. The molecule has 0 spiro atoms. The lowest BCUT2D eigenvalue weighted by Gasteiger charge is -2.24. The van der Waals surface area contributed by atoms with Crippen LogP contribution in [0, 0.1) is 19.8 Å². The van der Waals surface area contributed by atoms with Crippen molar-refractivity contribution in [3.63, 3.8) is 0 Å². The Labute approximate surface area is 111 Å². The van der Waals surface area contributed by atoms with Crippen molar-refractivity contribution in [1.82, 2.24) is 4.98 Å². The Hall–Kier alpha value is -1.81. The molecule has 2 atom stereocenters. The van der Waals surface area contributed by atoms with Crippen LogP contribution in [0.3, 0.4) is 0 Å². The number of benzene rings is 1. The van der Waals surface area contributed by atoms with Crippen LogP contribution in [0.5, 0.6) is 0 Å². The average molecular weight is 258 g/mol. The smallest absolute Gasteiger partial charge is 0.306 e. The van der Waals surface area contributed by atoms with Gasteiger partial charge in [0.2, 0.25) is 0 Å². The molecule has 100 valence electrons. The van der Waals surface area contributed by atoms with Crippen LogP contribution in [-0.4, -0.2) is 16.1 Å². The number of nitrogens with two attached hydrogens (primary N) is 1. The zero-order valence-corrected chi connectivity index (χ0v) is 11.2. The molecule has 19 heavy (non-hydrogen) atoms. The normalized spacial score (nSPS) is 22.5. The molecule has 0 amide bonds. The van der Waals surface area contributed by atoms with Crippen LogP contribution >= 0.6 is 0 Å². The molecule has 1 heterocycles. The molecular formula is C15H18N2O2. The third-order valence-corrected chi connectivity index (χ3v) is 4.07. The molecule has 0 bridgehead atoms. The van der Waals surface area contributed by atoms with E-state index in [1.165, 1.54) is 16.5 Å². The largest absolute Gasteiger partial charge is 0.481 e. The van der Waals surface area contributed by atoms with Crippen molar-refractivity contribution < 1.29 is 9.90 Å². The first-order valence-corrected chi connectivity index (χ1v) is 6.57. The molecule has 0 fully saturated rings. The Morgan fingerprint density at radius 2 is 2.16 bits per heavy atom. The van der Waals surface area contributed by atoms with Gasteiger partial charge in [-0.05, 0) is 43.0 Å². The average Bonchev–Trinajstić information content (AvgIpc) is 2.67. The van der Waals surface area contributed by atoms with E-state index in [4.69, 9.17) is 5.73 Å². The number of aliphatic carboxylic acids is 1. The van der Waals surface area contributed by atoms with Gasteiger partial charge in [-0.2, -0.15) is 0 Å². The summed E-state index contributed by atoms with van der Waals surface area (Å²) >= 11 is 0. The first-order valence-electron chi connectivity index (χ1n) is 6.57. The molecule has 1 aliphatic rings. The van der Waals surface area contributed by atoms with Gasteiger partial charge >= 0.3 is 5.97 Å². The van der Waals surface area contributed by atoms with Gasteiger partial charge in [-0.3, -0.25) is 4.79 Å². The Morgan fingerprint density at radius 1 is 1.42 bits per heavy atom. The van der Waals surface area contributed by atoms with Gasteiger partial charge in [-0.15, -0.1) is 0 Å². The van der Waals surface area contributed by atoms with E-state index in [2.05, 4.69) is 31.0 Å². The number of H-pyrrole nitrogens is 1. The van der Waals surface area contributed by atoms with E-state index in [9.17, 15) is 9.90 Å². The molecule has 3 rings (SSSR count). The van der Waals surface area contributed by atoms with Crippen molar-refractivity contribution in [2.45, 2.75) is 32.7 Å². The highest BCUT2D eigenvalue weighted by atomic mass is 16.4. The maximum atomic E-state index is 11.2. The van der Waals surface area contributed by atoms with Gasteiger partial charge in [0.05, 0.1) is 5.92 Å². The fraction of sp³-hybridized carbons (Fsp3) is 0.400. The number of hydrogen-bond acceptors (Lipinski definition) is 2. The molecule has 0 saturated carbocycles. The maximum absolute atomic E-state index is 11.2. The van der Waals surface area contributed by atoms with Crippen molar-refractivity contribution in [2.75, 3.05) is 0 Å². The van der Waals surface area contributed by atoms with Gasteiger partial charge in [0, 0.05) is 29.1 Å². The number of carbonyl (C=O) groups is 1. The molecule has 1 aromatic carbocycles. The van der Waals surface area contributed by atoms with E-state index in [1.807, 2.05) is 0 Å². The zero-order chi connectivity index (χ0) is 13.7. The van der Waals surface area contributed by atoms with E-state index >= 15 is 0 Å². The van der Waals surface area contributed by atoms with E-state index in [0.29, 0.717) is 12.8 Å². The number of aryl methyl sites for hydroxylation is 2. The summed E-state index contributed by atoms with van der Waals surface area (Å²) in [4.78, 5) is 14.5. The van der Waals surface area contributed by atoms with Crippen LogP contribution in [0.4, 0.5) is 0 Å². The summed E-state index contributed by atoms with van der Waals surface area (Å²) in [5, 5.41) is 10.4. The van der Waals surface area contributed by atoms with Gasteiger partial charge in [-0.25, -0.2) is 0 Å². The van der Waals surface area contributed by atoms with Gasteiger partial charge in [0.15, 0.2) is 0 Å². The molecule has 1 aliphatic carbocycles. The Balaban J connectivity index is 2.21. The van der Waals surface area contributed by atoms with Crippen LogP contribution in [0.1, 0.15) is 34.8 Å². The highest BCUT2D eigenvalue weighted by molar-refractivity contribution is 5.89. The Bertz CT molecular complexity index is 672. The maximum Gasteiger partial charge on any atom is 0.306 e. The molecule has 1 aromatic heterocycles. The molecule has 0 aliphatic heterocycles. The number of carboxylic acid groups (broad SMARTS) is 1. The predicted octanol–water partition coefficient (Wildman–Crippen LogP) is 2.43. The second kappa shape index (κ2) is 4.10. The second-order valence-electron chi connectivity index (χ2n) is 5.60. The third kappa shape index (κ3) is 1.83. The molecular weight excluding hydrogens is 240 g/mol. The number of aromatic amines is 1. The van der Waals surface area contributed by atoms with Crippen molar-refractivity contribution in [2.24, 2.45) is 11.7 Å². The highest BCUT2D eigenvalue weighted by Crippen LogP contribution is 2.38. The topological polar surface area (TPSA) is 79.1 Å². The summed E-state index contributed by atoms with van der Waals surface area (Å²) in [7, 11) is 0. The van der Waals surface area contributed by atoms with Gasteiger partial charge in [-0.1, -0.05) is 6.07 Å². The van der Waals surface area contributed by atoms with E-state index in [-0.39, 0.29) is 12.0 Å². The Morgan fingerprint density at radius 3 is 2.84 bits per heavy atom. The lowest BCUT2D eigenvalue weighted by atomic mass is 9.83. The number of nitrogens with one attached hydrogen (secondary N) is 1. The first-order chi connectivity index (χ1) is 8.97. The SMILES string of the molecule is Cc1cc(C)c2c3c([nH]c2c1)CC(C(=O)O)CC3N. The first kappa shape index (κ1) is 12.2. The summed E-state index contributed by atoms with van der Waals surface area (Å²) in [6.07, 6.45) is 1.06. The highest BCUT2D eigenvalue weighted by Gasteiger charge is 2.32. The van der Waals surface area contributed by atoms with Crippen LogP contribution in [0.2, 0.25) is 0 Å². The molecule has 2 unspecified atom stereocenters. The van der Waals surface area contributed by atoms with Crippen LogP contribution < -0.4 is 5.73 Å². The molecule has 4 N–H and O–H groups in total. The van der Waals surface area contributed by atoms with Crippen LogP contribution in [-0.2, 0) is 11.2 Å². The van der Waals surface area contributed by atoms with E-state index in [1.54, 1.807) is 0 Å². The minimum atomic E-state index is -0.757. The monoisotopic (exact) mass is 258 g/mol. The van der Waals surface area contributed by atoms with Crippen LogP contribution in [0.15, 0.2) is 12.1 Å². The number of hydrogen-bond donors (Lipinski definition) is 3. The third-order valence-electron chi connectivity index (χ3n) is 4.07. The van der Waals surface area contributed by atoms with E-state index < -0.39 is 5.97 Å². The molecule has 2 aromatic rings. The summed E-state index contributed by atoms with van der Waals surface area (Å²) in [6.45, 7) is 4.14. The summed E-state index contributed by atoms with van der Waals surface area (Å²) < 4.78 is 0. The van der Waals surface area contributed by atoms with Gasteiger partial charge in [0.25, 0.3) is 0 Å². The quantitative estimate of drug-likeness (QED) is 0.735. The van der Waals surface area contributed by atoms with Crippen molar-refractivity contribution >= 4 is 16.9 Å². The predicted molar refractivity (Wildman–Crippen MR) is 74.1 cm³/mol. The fourth-order valence-corrected chi connectivity index (χ4v) is 3.32. The number of carboxylic acids is 1. The van der Waals surface area contributed by atoms with Gasteiger partial charge < -0.3 is 15.8 Å². The lowest BCUT2D eigenvalue weighted by Crippen LogP contribution is -2.28. The minimum Gasteiger partial charge on any atom is -0.481 e. The number of rotatable bonds is 1. The lowest BCUT2D eigenvalue weighted by molar-refractivity contribution is -0.142. The second-order valence-corrected chi connectivity index (χ2v) is 5.60. The van der Waals surface area contributed by atoms with Crippen molar-refractivity contribution in [3.05, 3.63) is 34.5 Å². The molecule has 4 heteroatoms. The molecule has 0 radical (unpaired) electrons. The summed E-state index contributed by atoms with van der Waals surface area (Å²) in [6, 6.07) is 4.05. The molecule has 0 saturated heterocycles. The zero-order valence-electron chi connectivity index (χ0n) is 11.2. The fourth-order valence-electron chi connectivity index (χ4n) is 3.32. The standard InChI is InChI=1S/C15H18N2O2/c1-7-3-8(2)13-11(4-7)17-12-6-9(15(18)19)5-10(16)14(12)13/h3-4,9-10,17H,5-6,16H2,1-2H3,(H,18,19). The van der Waals surface area contributed by atoms with E-state index in [0.717, 1.165) is 16.8 Å².